The Labute approximate surface area is 114 Å². The van der Waals surface area contributed by atoms with Crippen LogP contribution in [0.1, 0.15) is 31.1 Å². The fourth-order valence-electron chi connectivity index (χ4n) is 4.83. The van der Waals surface area contributed by atoms with Crippen molar-refractivity contribution in [3.8, 4) is 0 Å². The standard InChI is InChI=1S/C16H22N2O/c19-16(15-3-1-2-6-17-15)10-18-8-13-11-4-5-12(7-11)14(13)9-18/h1-3,6,11-14,16,19H,4-5,7-10H2/t11-,12+,13-,14+,16?. The third kappa shape index (κ3) is 2.00. The Morgan fingerprint density at radius 2 is 1.95 bits per heavy atom. The van der Waals surface area contributed by atoms with Crippen molar-refractivity contribution < 1.29 is 5.11 Å². The van der Waals surface area contributed by atoms with Crippen molar-refractivity contribution in [2.45, 2.75) is 25.4 Å². The molecular weight excluding hydrogens is 236 g/mol. The van der Waals surface area contributed by atoms with Gasteiger partial charge in [-0.25, -0.2) is 0 Å². The van der Waals surface area contributed by atoms with E-state index in [2.05, 4.69) is 9.88 Å². The summed E-state index contributed by atoms with van der Waals surface area (Å²) in [4.78, 5) is 6.73. The maximum absolute atomic E-state index is 10.3. The number of likely N-dealkylation sites (tertiary alicyclic amines) is 1. The normalized spacial score (nSPS) is 38.6. The number of nitrogens with zero attached hydrogens (tertiary/aromatic N) is 2. The summed E-state index contributed by atoms with van der Waals surface area (Å²) >= 11 is 0. The summed E-state index contributed by atoms with van der Waals surface area (Å²) in [6, 6.07) is 5.77. The van der Waals surface area contributed by atoms with E-state index in [0.29, 0.717) is 0 Å². The summed E-state index contributed by atoms with van der Waals surface area (Å²) in [6.45, 7) is 3.16. The maximum atomic E-state index is 10.3. The van der Waals surface area contributed by atoms with Crippen LogP contribution in [0.2, 0.25) is 0 Å². The first-order chi connectivity index (χ1) is 9.31. The summed E-state index contributed by atoms with van der Waals surface area (Å²) in [5.74, 6) is 3.84. The lowest BCUT2D eigenvalue weighted by Gasteiger charge is -2.22. The van der Waals surface area contributed by atoms with E-state index in [9.17, 15) is 5.11 Å². The topological polar surface area (TPSA) is 36.4 Å². The molecule has 2 aliphatic carbocycles. The third-order valence-corrected chi connectivity index (χ3v) is 5.67. The molecule has 5 atom stereocenters. The number of β-amino-alcohol motifs (C(OH)–C–C–N with tert-alkyl or cyclic N) is 1. The number of fused-ring (bicyclic) bond motifs is 5. The Kier molecular flexibility index (Phi) is 2.85. The van der Waals surface area contributed by atoms with Crippen LogP contribution in [0, 0.1) is 23.7 Å². The highest BCUT2D eigenvalue weighted by atomic mass is 16.3. The molecule has 3 aliphatic rings. The molecule has 3 heteroatoms. The van der Waals surface area contributed by atoms with Gasteiger partial charge in [-0.15, -0.1) is 0 Å². The van der Waals surface area contributed by atoms with Crippen LogP contribution in [0.4, 0.5) is 0 Å². The highest BCUT2D eigenvalue weighted by Crippen LogP contribution is 2.55. The zero-order valence-corrected chi connectivity index (χ0v) is 11.3. The SMILES string of the molecule is OC(CN1C[C@@H]2[C@@H]3CC[C@@H](C3)[C@@H]2C1)c1ccccn1. The molecule has 1 aromatic rings. The molecule has 102 valence electrons. The van der Waals surface area contributed by atoms with Gasteiger partial charge < -0.3 is 5.11 Å². The Morgan fingerprint density at radius 3 is 2.58 bits per heavy atom. The fourth-order valence-corrected chi connectivity index (χ4v) is 4.83. The molecule has 1 aliphatic heterocycles. The van der Waals surface area contributed by atoms with Crippen molar-refractivity contribution in [2.75, 3.05) is 19.6 Å². The quantitative estimate of drug-likeness (QED) is 0.902. The van der Waals surface area contributed by atoms with Crippen molar-refractivity contribution >= 4 is 0 Å². The van der Waals surface area contributed by atoms with Gasteiger partial charge in [-0.2, -0.15) is 0 Å². The predicted octanol–water partition coefficient (Wildman–Crippen LogP) is 2.09. The fraction of sp³-hybridized carbons (Fsp3) is 0.688. The summed E-state index contributed by atoms with van der Waals surface area (Å²) in [5.41, 5.74) is 0.808. The number of aromatic nitrogens is 1. The lowest BCUT2D eigenvalue weighted by Crippen LogP contribution is -2.28. The second-order valence-corrected chi connectivity index (χ2v) is 6.65. The number of hydrogen-bond acceptors (Lipinski definition) is 3. The molecule has 1 unspecified atom stereocenters. The number of rotatable bonds is 3. The van der Waals surface area contributed by atoms with Crippen molar-refractivity contribution in [3.63, 3.8) is 0 Å². The van der Waals surface area contributed by atoms with Crippen LogP contribution >= 0.6 is 0 Å². The van der Waals surface area contributed by atoms with E-state index in [4.69, 9.17) is 0 Å². The van der Waals surface area contributed by atoms with Gasteiger partial charge in [-0.1, -0.05) is 6.07 Å². The van der Waals surface area contributed by atoms with Crippen LogP contribution in [0.15, 0.2) is 24.4 Å². The van der Waals surface area contributed by atoms with Gasteiger partial charge in [-0.3, -0.25) is 9.88 Å². The van der Waals surface area contributed by atoms with Crippen LogP contribution in [-0.4, -0.2) is 34.6 Å². The molecule has 3 fully saturated rings. The van der Waals surface area contributed by atoms with E-state index in [1.807, 2.05) is 18.2 Å². The van der Waals surface area contributed by atoms with Gasteiger partial charge in [0.2, 0.25) is 0 Å². The molecule has 1 saturated heterocycles. The van der Waals surface area contributed by atoms with Gasteiger partial charge in [0, 0.05) is 25.8 Å². The lowest BCUT2D eigenvalue weighted by molar-refractivity contribution is 0.116. The van der Waals surface area contributed by atoms with Gasteiger partial charge >= 0.3 is 0 Å². The first-order valence-corrected chi connectivity index (χ1v) is 7.62. The molecule has 2 heterocycles. The lowest BCUT2D eigenvalue weighted by atomic mass is 9.82. The molecule has 1 N–H and O–H groups in total. The van der Waals surface area contributed by atoms with Crippen LogP contribution < -0.4 is 0 Å². The van der Waals surface area contributed by atoms with Crippen LogP contribution in [0.25, 0.3) is 0 Å². The second kappa shape index (κ2) is 4.57. The van der Waals surface area contributed by atoms with E-state index in [1.165, 1.54) is 32.4 Å². The zero-order chi connectivity index (χ0) is 12.8. The first-order valence-electron chi connectivity index (χ1n) is 7.62. The zero-order valence-electron chi connectivity index (χ0n) is 11.3. The molecule has 0 radical (unpaired) electrons. The maximum Gasteiger partial charge on any atom is 0.109 e. The van der Waals surface area contributed by atoms with Crippen molar-refractivity contribution in [1.29, 1.82) is 0 Å². The smallest absolute Gasteiger partial charge is 0.109 e. The van der Waals surface area contributed by atoms with E-state index in [0.717, 1.165) is 35.9 Å². The van der Waals surface area contributed by atoms with Gasteiger partial charge in [0.25, 0.3) is 0 Å². The summed E-state index contributed by atoms with van der Waals surface area (Å²) in [6.07, 6.45) is 5.74. The Bertz CT molecular complexity index is 431. The number of aliphatic hydroxyl groups is 1. The van der Waals surface area contributed by atoms with E-state index >= 15 is 0 Å². The minimum absolute atomic E-state index is 0.433. The Balaban J connectivity index is 1.40. The molecule has 1 aromatic heterocycles. The Hall–Kier alpha value is -0.930. The molecule has 3 nitrogen and oxygen atoms in total. The van der Waals surface area contributed by atoms with Crippen LogP contribution in [0.3, 0.4) is 0 Å². The minimum Gasteiger partial charge on any atom is -0.385 e. The third-order valence-electron chi connectivity index (χ3n) is 5.67. The molecule has 2 saturated carbocycles. The summed E-state index contributed by atoms with van der Waals surface area (Å²) in [7, 11) is 0. The molecule has 0 aromatic carbocycles. The Morgan fingerprint density at radius 1 is 1.21 bits per heavy atom. The monoisotopic (exact) mass is 258 g/mol. The van der Waals surface area contributed by atoms with Crippen molar-refractivity contribution in [2.24, 2.45) is 23.7 Å². The molecule has 2 bridgehead atoms. The van der Waals surface area contributed by atoms with E-state index in [-0.39, 0.29) is 0 Å². The molecule has 0 spiro atoms. The molecule has 19 heavy (non-hydrogen) atoms. The van der Waals surface area contributed by atoms with Crippen LogP contribution in [0.5, 0.6) is 0 Å². The number of hydrogen-bond donors (Lipinski definition) is 1. The van der Waals surface area contributed by atoms with Gasteiger partial charge in [-0.05, 0) is 55.1 Å². The minimum atomic E-state index is -0.433. The first kappa shape index (κ1) is 11.9. The average molecular weight is 258 g/mol. The highest BCUT2D eigenvalue weighted by molar-refractivity contribution is 5.08. The molecule has 4 rings (SSSR count). The van der Waals surface area contributed by atoms with Gasteiger partial charge in [0.05, 0.1) is 5.69 Å². The summed E-state index contributed by atoms with van der Waals surface area (Å²) < 4.78 is 0. The predicted molar refractivity (Wildman–Crippen MR) is 73.4 cm³/mol. The van der Waals surface area contributed by atoms with Crippen LogP contribution in [-0.2, 0) is 0 Å². The van der Waals surface area contributed by atoms with Gasteiger partial charge in [0.1, 0.15) is 6.10 Å². The highest BCUT2D eigenvalue weighted by Gasteiger charge is 2.51. The van der Waals surface area contributed by atoms with E-state index < -0.39 is 6.10 Å². The molecular formula is C16H22N2O. The van der Waals surface area contributed by atoms with Crippen molar-refractivity contribution in [3.05, 3.63) is 30.1 Å². The largest absolute Gasteiger partial charge is 0.385 e. The molecule has 0 amide bonds. The summed E-state index contributed by atoms with van der Waals surface area (Å²) in [5, 5.41) is 10.3. The van der Waals surface area contributed by atoms with Crippen molar-refractivity contribution in [1.82, 2.24) is 9.88 Å². The van der Waals surface area contributed by atoms with E-state index in [1.54, 1.807) is 6.20 Å². The van der Waals surface area contributed by atoms with Gasteiger partial charge in [0.15, 0.2) is 0 Å². The average Bonchev–Trinajstić information content (AvgIpc) is 3.11. The number of aliphatic hydroxyl groups excluding tert-OH is 1. The second-order valence-electron chi connectivity index (χ2n) is 6.65. The number of pyridine rings is 1.